The summed E-state index contributed by atoms with van der Waals surface area (Å²) in [6, 6.07) is 8.61. The molecule has 0 bridgehead atoms. The lowest BCUT2D eigenvalue weighted by Crippen LogP contribution is -2.05. The first-order chi connectivity index (χ1) is 10.7. The van der Waals surface area contributed by atoms with Crippen LogP contribution >= 0.6 is 11.6 Å². The molecule has 0 aliphatic rings. The van der Waals surface area contributed by atoms with E-state index < -0.39 is 23.4 Å². The highest BCUT2D eigenvalue weighted by Crippen LogP contribution is 2.30. The Hall–Kier alpha value is -2.64. The molecular weight excluding hydrogens is 339 g/mol. The summed E-state index contributed by atoms with van der Waals surface area (Å²) in [5, 5.41) is 16.8. The van der Waals surface area contributed by atoms with Gasteiger partial charge in [0.25, 0.3) is 0 Å². The van der Waals surface area contributed by atoms with Crippen molar-refractivity contribution in [2.24, 2.45) is 0 Å². The normalized spacial score (nSPS) is 10.1. The SMILES string of the molecule is N#Cc1cc(F)cc(C(F)(F)F)c1.N#Cc1ccc(F)cc1Cl. The van der Waals surface area contributed by atoms with Crippen LogP contribution in [0.1, 0.15) is 16.7 Å². The van der Waals surface area contributed by atoms with Gasteiger partial charge in [0.05, 0.1) is 27.8 Å². The molecule has 8 heteroatoms. The van der Waals surface area contributed by atoms with Gasteiger partial charge in [0.2, 0.25) is 0 Å². The summed E-state index contributed by atoms with van der Waals surface area (Å²) in [6.07, 6.45) is -4.62. The maximum absolute atomic E-state index is 12.5. The van der Waals surface area contributed by atoms with Crippen molar-refractivity contribution in [2.75, 3.05) is 0 Å². The van der Waals surface area contributed by atoms with Gasteiger partial charge in [-0.1, -0.05) is 11.6 Å². The minimum atomic E-state index is -4.62. The summed E-state index contributed by atoms with van der Waals surface area (Å²) in [5.74, 6) is -1.49. The van der Waals surface area contributed by atoms with E-state index in [1.165, 1.54) is 18.2 Å². The first-order valence-electron chi connectivity index (χ1n) is 5.80. The van der Waals surface area contributed by atoms with Crippen LogP contribution in [0.4, 0.5) is 22.0 Å². The zero-order chi connectivity index (χ0) is 17.6. The van der Waals surface area contributed by atoms with Crippen molar-refractivity contribution in [1.82, 2.24) is 0 Å². The molecule has 0 aromatic heterocycles. The highest BCUT2D eigenvalue weighted by Gasteiger charge is 2.31. The first kappa shape index (κ1) is 18.4. The van der Waals surface area contributed by atoms with Gasteiger partial charge >= 0.3 is 6.18 Å². The van der Waals surface area contributed by atoms with Crippen LogP contribution < -0.4 is 0 Å². The van der Waals surface area contributed by atoms with E-state index in [0.717, 1.165) is 12.1 Å². The predicted molar refractivity (Wildman–Crippen MR) is 72.2 cm³/mol. The summed E-state index contributed by atoms with van der Waals surface area (Å²) in [7, 11) is 0. The monoisotopic (exact) mass is 344 g/mol. The maximum Gasteiger partial charge on any atom is 0.416 e. The molecule has 0 saturated heterocycles. The number of halogens is 6. The fraction of sp³-hybridized carbons (Fsp3) is 0.0667. The van der Waals surface area contributed by atoms with Gasteiger partial charge < -0.3 is 0 Å². The molecule has 0 atom stereocenters. The van der Waals surface area contributed by atoms with E-state index in [9.17, 15) is 22.0 Å². The smallest absolute Gasteiger partial charge is 0.207 e. The van der Waals surface area contributed by atoms with Crippen LogP contribution in [0.2, 0.25) is 5.02 Å². The lowest BCUT2D eigenvalue weighted by molar-refractivity contribution is -0.137. The number of benzene rings is 2. The van der Waals surface area contributed by atoms with Crippen molar-refractivity contribution >= 4 is 11.6 Å². The Morgan fingerprint density at radius 3 is 2.00 bits per heavy atom. The van der Waals surface area contributed by atoms with E-state index in [2.05, 4.69) is 0 Å². The van der Waals surface area contributed by atoms with Crippen LogP contribution in [-0.2, 0) is 6.18 Å². The lowest BCUT2D eigenvalue weighted by atomic mass is 10.1. The highest BCUT2D eigenvalue weighted by atomic mass is 35.5. The Bertz CT molecular complexity index is 788. The average Bonchev–Trinajstić information content (AvgIpc) is 2.46. The lowest BCUT2D eigenvalue weighted by Gasteiger charge is -2.06. The molecule has 23 heavy (non-hydrogen) atoms. The van der Waals surface area contributed by atoms with E-state index in [4.69, 9.17) is 22.1 Å². The Morgan fingerprint density at radius 2 is 1.52 bits per heavy atom. The molecule has 0 fully saturated rings. The Balaban J connectivity index is 0.000000238. The van der Waals surface area contributed by atoms with Gasteiger partial charge in [-0.05, 0) is 36.4 Å². The molecule has 0 unspecified atom stereocenters. The van der Waals surface area contributed by atoms with Gasteiger partial charge in [0.1, 0.15) is 17.7 Å². The zero-order valence-corrected chi connectivity index (χ0v) is 11.9. The summed E-state index contributed by atoms with van der Waals surface area (Å²) >= 11 is 5.47. The third-order valence-corrected chi connectivity index (χ3v) is 2.72. The third-order valence-electron chi connectivity index (χ3n) is 2.41. The minimum Gasteiger partial charge on any atom is -0.207 e. The van der Waals surface area contributed by atoms with Crippen LogP contribution in [0.25, 0.3) is 0 Å². The van der Waals surface area contributed by atoms with E-state index in [1.807, 2.05) is 6.07 Å². The molecule has 2 nitrogen and oxygen atoms in total. The number of hydrogen-bond acceptors (Lipinski definition) is 2. The number of alkyl halides is 3. The minimum absolute atomic E-state index is 0.155. The number of nitriles is 2. The summed E-state index contributed by atoms with van der Waals surface area (Å²) < 4.78 is 60.8. The molecule has 2 aromatic rings. The van der Waals surface area contributed by atoms with Crippen molar-refractivity contribution in [1.29, 1.82) is 10.5 Å². The van der Waals surface area contributed by atoms with Gasteiger partial charge in [-0.2, -0.15) is 23.7 Å². The van der Waals surface area contributed by atoms with Crippen LogP contribution in [0, 0.1) is 34.3 Å². The van der Waals surface area contributed by atoms with E-state index >= 15 is 0 Å². The Morgan fingerprint density at radius 1 is 0.870 bits per heavy atom. The Labute approximate surface area is 133 Å². The highest BCUT2D eigenvalue weighted by molar-refractivity contribution is 6.31. The van der Waals surface area contributed by atoms with Gasteiger partial charge in [-0.25, -0.2) is 8.78 Å². The zero-order valence-electron chi connectivity index (χ0n) is 11.1. The van der Waals surface area contributed by atoms with Crippen molar-refractivity contribution in [3.8, 4) is 12.1 Å². The van der Waals surface area contributed by atoms with Crippen LogP contribution in [0.5, 0.6) is 0 Å². The molecule has 0 aliphatic carbocycles. The molecule has 0 spiro atoms. The van der Waals surface area contributed by atoms with Crippen molar-refractivity contribution < 1.29 is 22.0 Å². The van der Waals surface area contributed by atoms with Crippen molar-refractivity contribution in [3.63, 3.8) is 0 Å². The van der Waals surface area contributed by atoms with Crippen molar-refractivity contribution in [2.45, 2.75) is 6.18 Å². The molecule has 118 valence electrons. The van der Waals surface area contributed by atoms with E-state index in [-0.39, 0.29) is 10.6 Å². The molecule has 0 aliphatic heterocycles. The number of nitrogens with zero attached hydrogens (tertiary/aromatic N) is 2. The largest absolute Gasteiger partial charge is 0.416 e. The number of hydrogen-bond donors (Lipinski definition) is 0. The van der Waals surface area contributed by atoms with Gasteiger partial charge in [-0.15, -0.1) is 0 Å². The molecule has 2 rings (SSSR count). The average molecular weight is 345 g/mol. The molecule has 0 radical (unpaired) electrons. The van der Waals surface area contributed by atoms with E-state index in [0.29, 0.717) is 17.7 Å². The first-order valence-corrected chi connectivity index (χ1v) is 6.18. The molecular formula is C15H6ClF5N2. The maximum atomic E-state index is 12.5. The summed E-state index contributed by atoms with van der Waals surface area (Å²) in [5.41, 5.74) is -1.19. The fourth-order valence-corrected chi connectivity index (χ4v) is 1.61. The molecule has 0 heterocycles. The second-order valence-corrected chi connectivity index (χ2v) is 4.48. The third kappa shape index (κ3) is 5.57. The second kappa shape index (κ2) is 7.57. The molecule has 0 saturated carbocycles. The summed E-state index contributed by atoms with van der Waals surface area (Å²) in [4.78, 5) is 0. The quantitative estimate of drug-likeness (QED) is 0.627. The van der Waals surface area contributed by atoms with Crippen LogP contribution in [-0.4, -0.2) is 0 Å². The molecule has 0 N–H and O–H groups in total. The standard InChI is InChI=1S/C8H3F4N.C7H3ClFN/c9-7-2-5(4-13)1-6(3-7)8(10,11)12;8-7-3-6(9)2-1-5(7)4-10/h1-3H;1-3H. The predicted octanol–water partition coefficient (Wildman–Crippen LogP) is 5.07. The van der Waals surface area contributed by atoms with Gasteiger partial charge in [0, 0.05) is 0 Å². The fourth-order valence-electron chi connectivity index (χ4n) is 1.40. The van der Waals surface area contributed by atoms with Crippen LogP contribution in [0.3, 0.4) is 0 Å². The molecule has 2 aromatic carbocycles. The van der Waals surface area contributed by atoms with Gasteiger partial charge in [-0.3, -0.25) is 0 Å². The second-order valence-electron chi connectivity index (χ2n) is 4.07. The van der Waals surface area contributed by atoms with Crippen molar-refractivity contribution in [3.05, 3.63) is 69.7 Å². The topological polar surface area (TPSA) is 47.6 Å². The van der Waals surface area contributed by atoms with Gasteiger partial charge in [0.15, 0.2) is 0 Å². The Kier molecular flexibility index (Phi) is 6.06. The van der Waals surface area contributed by atoms with E-state index in [1.54, 1.807) is 0 Å². The van der Waals surface area contributed by atoms with Crippen LogP contribution in [0.15, 0.2) is 36.4 Å². The molecule has 0 amide bonds. The number of rotatable bonds is 0. The summed E-state index contributed by atoms with van der Waals surface area (Å²) in [6.45, 7) is 0.